The van der Waals surface area contributed by atoms with Gasteiger partial charge in [-0.25, -0.2) is 4.79 Å². The van der Waals surface area contributed by atoms with Crippen molar-refractivity contribution in [3.8, 4) is 0 Å². The molecule has 0 atom stereocenters. The van der Waals surface area contributed by atoms with E-state index in [0.717, 1.165) is 6.42 Å². The van der Waals surface area contributed by atoms with Crippen LogP contribution in [0.4, 0.5) is 0 Å². The molecule has 3 heteroatoms. The molecule has 0 aromatic heterocycles. The Morgan fingerprint density at radius 2 is 2.00 bits per heavy atom. The Morgan fingerprint density at radius 1 is 1.38 bits per heavy atom. The summed E-state index contributed by atoms with van der Waals surface area (Å²) >= 11 is 0. The molecule has 0 aliphatic carbocycles. The summed E-state index contributed by atoms with van der Waals surface area (Å²) in [6, 6.07) is 0. The molecular formula is C5H6O3. The van der Waals surface area contributed by atoms with Crippen LogP contribution >= 0.6 is 0 Å². The maximum Gasteiger partial charge on any atom is 0.369 e. The van der Waals surface area contributed by atoms with Gasteiger partial charge >= 0.3 is 5.95 Å². The SMILES string of the molecule is O=C=C1OCCCO1. The van der Waals surface area contributed by atoms with Gasteiger partial charge in [0.05, 0.1) is 13.2 Å². The van der Waals surface area contributed by atoms with E-state index >= 15 is 0 Å². The minimum atomic E-state index is -0.00347. The highest BCUT2D eigenvalue weighted by atomic mass is 16.7. The lowest BCUT2D eigenvalue weighted by Gasteiger charge is -2.12. The molecule has 1 rings (SSSR count). The third kappa shape index (κ3) is 1.01. The molecule has 0 radical (unpaired) electrons. The summed E-state index contributed by atoms with van der Waals surface area (Å²) in [7, 11) is 0. The third-order valence-electron chi connectivity index (χ3n) is 0.838. The Morgan fingerprint density at radius 3 is 2.38 bits per heavy atom. The van der Waals surface area contributed by atoms with Crippen molar-refractivity contribution in [2.75, 3.05) is 13.2 Å². The normalized spacial score (nSPS) is 18.2. The second-order valence-corrected chi connectivity index (χ2v) is 1.44. The second kappa shape index (κ2) is 2.38. The monoisotopic (exact) mass is 114 g/mol. The summed E-state index contributed by atoms with van der Waals surface area (Å²) in [4.78, 5) is 9.75. The van der Waals surface area contributed by atoms with E-state index in [1.165, 1.54) is 5.94 Å². The quantitative estimate of drug-likeness (QED) is 0.419. The van der Waals surface area contributed by atoms with E-state index in [1.807, 2.05) is 0 Å². The zero-order chi connectivity index (χ0) is 5.82. The number of rotatable bonds is 0. The molecule has 8 heavy (non-hydrogen) atoms. The number of ether oxygens (including phenoxy) is 2. The number of carbonyl (C=O) groups excluding carboxylic acids is 1. The van der Waals surface area contributed by atoms with Gasteiger partial charge < -0.3 is 9.47 Å². The fourth-order valence-electron chi connectivity index (χ4n) is 0.489. The summed E-state index contributed by atoms with van der Waals surface area (Å²) in [5.41, 5.74) is 0. The van der Waals surface area contributed by atoms with Crippen LogP contribution in [0.2, 0.25) is 0 Å². The second-order valence-electron chi connectivity index (χ2n) is 1.44. The molecule has 0 bridgehead atoms. The summed E-state index contributed by atoms with van der Waals surface area (Å²) in [5, 5.41) is 0. The van der Waals surface area contributed by atoms with Crippen LogP contribution in [0.5, 0.6) is 0 Å². The van der Waals surface area contributed by atoms with E-state index in [0.29, 0.717) is 13.2 Å². The van der Waals surface area contributed by atoms with Gasteiger partial charge in [0.25, 0.3) is 0 Å². The summed E-state index contributed by atoms with van der Waals surface area (Å²) in [5.74, 6) is 1.52. The van der Waals surface area contributed by atoms with Crippen LogP contribution < -0.4 is 0 Å². The van der Waals surface area contributed by atoms with Gasteiger partial charge in [-0.1, -0.05) is 0 Å². The smallest absolute Gasteiger partial charge is 0.369 e. The molecule has 0 spiro atoms. The fourth-order valence-corrected chi connectivity index (χ4v) is 0.489. The Bertz CT molecular complexity index is 116. The van der Waals surface area contributed by atoms with Gasteiger partial charge in [0.15, 0.2) is 0 Å². The fraction of sp³-hybridized carbons (Fsp3) is 0.600. The summed E-state index contributed by atoms with van der Waals surface area (Å²) in [6.45, 7) is 1.15. The van der Waals surface area contributed by atoms with Crippen LogP contribution in [0.1, 0.15) is 6.42 Å². The molecule has 1 aliphatic rings. The van der Waals surface area contributed by atoms with Crippen LogP contribution in [0.15, 0.2) is 5.95 Å². The molecule has 44 valence electrons. The predicted octanol–water partition coefficient (Wildman–Crippen LogP) is 0.0963. The molecule has 1 saturated heterocycles. The van der Waals surface area contributed by atoms with Gasteiger partial charge in [0.2, 0.25) is 5.94 Å². The lowest BCUT2D eigenvalue weighted by molar-refractivity contribution is -0.00932. The Labute approximate surface area is 46.9 Å². The minimum Gasteiger partial charge on any atom is -0.457 e. The van der Waals surface area contributed by atoms with Gasteiger partial charge in [-0.2, -0.15) is 0 Å². The molecular weight excluding hydrogens is 108 g/mol. The van der Waals surface area contributed by atoms with Crippen LogP contribution in [0, 0.1) is 0 Å². The van der Waals surface area contributed by atoms with Gasteiger partial charge in [-0.05, 0) is 0 Å². The van der Waals surface area contributed by atoms with E-state index in [2.05, 4.69) is 0 Å². The molecule has 0 unspecified atom stereocenters. The maximum atomic E-state index is 9.75. The van der Waals surface area contributed by atoms with Gasteiger partial charge in [-0.15, -0.1) is 0 Å². The van der Waals surface area contributed by atoms with E-state index in [9.17, 15) is 4.79 Å². The predicted molar refractivity (Wildman–Crippen MR) is 25.7 cm³/mol. The van der Waals surface area contributed by atoms with E-state index in [1.54, 1.807) is 0 Å². The van der Waals surface area contributed by atoms with Crippen LogP contribution in [0.25, 0.3) is 0 Å². The van der Waals surface area contributed by atoms with Gasteiger partial charge in [-0.3, -0.25) is 0 Å². The highest BCUT2D eigenvalue weighted by Crippen LogP contribution is 2.03. The molecule has 3 nitrogen and oxygen atoms in total. The first-order valence-corrected chi connectivity index (χ1v) is 2.44. The third-order valence-corrected chi connectivity index (χ3v) is 0.838. The molecule has 1 aliphatic heterocycles. The molecule has 0 amide bonds. The van der Waals surface area contributed by atoms with Gasteiger partial charge in [0, 0.05) is 6.42 Å². The zero-order valence-electron chi connectivity index (χ0n) is 4.35. The first-order chi connectivity index (χ1) is 3.93. The van der Waals surface area contributed by atoms with Crippen molar-refractivity contribution in [2.45, 2.75) is 6.42 Å². The van der Waals surface area contributed by atoms with Crippen LogP contribution in [-0.2, 0) is 14.3 Å². The molecule has 0 aromatic rings. The highest BCUT2D eigenvalue weighted by Gasteiger charge is 2.05. The molecule has 0 N–H and O–H groups in total. The van der Waals surface area contributed by atoms with Gasteiger partial charge in [0.1, 0.15) is 0 Å². The summed E-state index contributed by atoms with van der Waals surface area (Å²) < 4.78 is 9.40. The van der Waals surface area contributed by atoms with E-state index < -0.39 is 0 Å². The van der Waals surface area contributed by atoms with Crippen molar-refractivity contribution in [3.05, 3.63) is 5.95 Å². The van der Waals surface area contributed by atoms with Crippen molar-refractivity contribution < 1.29 is 14.3 Å². The average Bonchev–Trinajstić information content (AvgIpc) is 1.90. The van der Waals surface area contributed by atoms with Crippen LogP contribution in [0.3, 0.4) is 0 Å². The van der Waals surface area contributed by atoms with Crippen molar-refractivity contribution in [1.29, 1.82) is 0 Å². The first-order valence-electron chi connectivity index (χ1n) is 2.44. The lowest BCUT2D eigenvalue weighted by Crippen LogP contribution is -2.10. The average molecular weight is 114 g/mol. The summed E-state index contributed by atoms with van der Waals surface area (Å²) in [6.07, 6.45) is 0.852. The molecule has 1 fully saturated rings. The topological polar surface area (TPSA) is 35.5 Å². The van der Waals surface area contributed by atoms with Crippen molar-refractivity contribution >= 4 is 5.94 Å². The molecule has 0 saturated carbocycles. The number of hydrogen-bond donors (Lipinski definition) is 0. The Hall–Kier alpha value is -0.950. The maximum absolute atomic E-state index is 9.75. The number of hydrogen-bond acceptors (Lipinski definition) is 3. The van der Waals surface area contributed by atoms with Crippen LogP contribution in [-0.4, -0.2) is 19.2 Å². The van der Waals surface area contributed by atoms with Crippen molar-refractivity contribution in [3.63, 3.8) is 0 Å². The molecule has 1 heterocycles. The molecule has 0 aromatic carbocycles. The first kappa shape index (κ1) is 5.19. The van der Waals surface area contributed by atoms with Crippen molar-refractivity contribution in [1.82, 2.24) is 0 Å². The van der Waals surface area contributed by atoms with E-state index in [-0.39, 0.29) is 5.95 Å². The van der Waals surface area contributed by atoms with E-state index in [4.69, 9.17) is 9.47 Å². The lowest BCUT2D eigenvalue weighted by atomic mass is 10.5. The standard InChI is InChI=1S/C5H6O3/c6-4-5-7-2-1-3-8-5/h1-3H2. The minimum absolute atomic E-state index is 0.00347. The highest BCUT2D eigenvalue weighted by molar-refractivity contribution is 5.46. The largest absolute Gasteiger partial charge is 0.457 e. The zero-order valence-corrected chi connectivity index (χ0v) is 4.35. The Balaban J connectivity index is 2.45. The Kier molecular flexibility index (Phi) is 1.55. The van der Waals surface area contributed by atoms with Crippen molar-refractivity contribution in [2.24, 2.45) is 0 Å².